The number of aryl methyl sites for hydroxylation is 1. The Kier molecular flexibility index (Phi) is 4.76. The molecule has 1 N–H and O–H groups in total. The highest BCUT2D eigenvalue weighted by Crippen LogP contribution is 2.28. The molecule has 9 heteroatoms. The summed E-state index contributed by atoms with van der Waals surface area (Å²) in [6, 6.07) is 5.66. The van der Waals surface area contributed by atoms with Crippen LogP contribution in [0, 0.1) is 6.92 Å². The summed E-state index contributed by atoms with van der Waals surface area (Å²) in [6.45, 7) is 1.98. The van der Waals surface area contributed by atoms with E-state index in [-0.39, 0.29) is 17.5 Å². The standard InChI is InChI=1S/C16H21N5O3S/c1-11-4-5-14(24-3)13(8-11)18-16-19-15(9-17-20-16)21(2)12-6-7-25(22,23)10-12/h4-5,8-9,12H,6-7,10H2,1-3H3,(H,18,19,20). The predicted molar refractivity (Wildman–Crippen MR) is 96.3 cm³/mol. The number of benzene rings is 1. The monoisotopic (exact) mass is 363 g/mol. The largest absolute Gasteiger partial charge is 0.495 e. The number of hydrogen-bond acceptors (Lipinski definition) is 8. The molecule has 1 fully saturated rings. The van der Waals surface area contributed by atoms with Crippen LogP contribution in [0.15, 0.2) is 24.4 Å². The van der Waals surface area contributed by atoms with Crippen LogP contribution in [0.1, 0.15) is 12.0 Å². The van der Waals surface area contributed by atoms with Gasteiger partial charge in [-0.05, 0) is 31.0 Å². The van der Waals surface area contributed by atoms with Crippen LogP contribution in [0.4, 0.5) is 17.5 Å². The first-order chi connectivity index (χ1) is 11.9. The highest BCUT2D eigenvalue weighted by molar-refractivity contribution is 7.91. The summed E-state index contributed by atoms with van der Waals surface area (Å²) < 4.78 is 28.7. The number of nitrogens with one attached hydrogen (secondary N) is 1. The maximum Gasteiger partial charge on any atom is 0.249 e. The third-order valence-corrected chi connectivity index (χ3v) is 6.02. The first-order valence-corrected chi connectivity index (χ1v) is 9.75. The maximum atomic E-state index is 11.7. The predicted octanol–water partition coefficient (Wildman–Crippen LogP) is 1.56. The Labute approximate surface area is 147 Å². The lowest BCUT2D eigenvalue weighted by Gasteiger charge is -2.24. The van der Waals surface area contributed by atoms with Gasteiger partial charge < -0.3 is 15.0 Å². The number of nitrogens with zero attached hydrogens (tertiary/aromatic N) is 4. The van der Waals surface area contributed by atoms with Crippen LogP contribution in [0.3, 0.4) is 0 Å². The van der Waals surface area contributed by atoms with Crippen LogP contribution in [-0.2, 0) is 9.84 Å². The zero-order chi connectivity index (χ0) is 18.0. The van der Waals surface area contributed by atoms with Gasteiger partial charge in [0.2, 0.25) is 5.95 Å². The Morgan fingerprint density at radius 2 is 2.16 bits per heavy atom. The molecule has 0 saturated carbocycles. The van der Waals surface area contributed by atoms with Crippen molar-refractivity contribution in [3.63, 3.8) is 0 Å². The lowest BCUT2D eigenvalue weighted by Crippen LogP contribution is -2.33. The molecule has 1 aromatic heterocycles. The highest BCUT2D eigenvalue weighted by atomic mass is 32.2. The number of hydrogen-bond donors (Lipinski definition) is 1. The van der Waals surface area contributed by atoms with Crippen molar-refractivity contribution in [3.05, 3.63) is 30.0 Å². The van der Waals surface area contributed by atoms with E-state index in [1.165, 1.54) is 6.20 Å². The minimum Gasteiger partial charge on any atom is -0.495 e. The van der Waals surface area contributed by atoms with E-state index in [9.17, 15) is 8.42 Å². The van der Waals surface area contributed by atoms with E-state index in [1.54, 1.807) is 7.11 Å². The second-order valence-electron chi connectivity index (χ2n) is 6.13. The van der Waals surface area contributed by atoms with Gasteiger partial charge in [0.25, 0.3) is 0 Å². The van der Waals surface area contributed by atoms with Gasteiger partial charge in [-0.2, -0.15) is 10.1 Å². The average molecular weight is 363 g/mol. The van der Waals surface area contributed by atoms with Gasteiger partial charge in [-0.1, -0.05) is 6.07 Å². The van der Waals surface area contributed by atoms with Crippen LogP contribution in [0.2, 0.25) is 0 Å². The number of sulfone groups is 1. The molecule has 1 aliphatic rings. The van der Waals surface area contributed by atoms with Crippen LogP contribution in [0.5, 0.6) is 5.75 Å². The Morgan fingerprint density at radius 1 is 1.36 bits per heavy atom. The minimum absolute atomic E-state index is 0.0944. The smallest absolute Gasteiger partial charge is 0.249 e. The molecule has 0 bridgehead atoms. The van der Waals surface area contributed by atoms with E-state index >= 15 is 0 Å². The number of rotatable bonds is 5. The van der Waals surface area contributed by atoms with Crippen molar-refractivity contribution in [2.75, 3.05) is 35.9 Å². The molecule has 0 spiro atoms. The number of methoxy groups -OCH3 is 1. The third kappa shape index (κ3) is 3.98. The van der Waals surface area contributed by atoms with E-state index in [2.05, 4.69) is 20.5 Å². The second-order valence-corrected chi connectivity index (χ2v) is 8.36. The normalized spacial score (nSPS) is 18.8. The summed E-state index contributed by atoms with van der Waals surface area (Å²) in [5.41, 5.74) is 1.81. The SMILES string of the molecule is COc1ccc(C)cc1Nc1nncc(N(C)C2CCS(=O)(=O)C2)n1. The van der Waals surface area contributed by atoms with Crippen LogP contribution >= 0.6 is 0 Å². The fraction of sp³-hybridized carbons (Fsp3) is 0.438. The lowest BCUT2D eigenvalue weighted by molar-refractivity contribution is 0.416. The Bertz CT molecular complexity index is 872. The summed E-state index contributed by atoms with van der Waals surface area (Å²) in [7, 11) is 0.464. The van der Waals surface area contributed by atoms with Gasteiger partial charge in [-0.25, -0.2) is 8.42 Å². The summed E-state index contributed by atoms with van der Waals surface area (Å²) in [5, 5.41) is 11.1. The molecule has 25 heavy (non-hydrogen) atoms. The quantitative estimate of drug-likeness (QED) is 0.855. The summed E-state index contributed by atoms with van der Waals surface area (Å²) in [6.07, 6.45) is 2.13. The fourth-order valence-corrected chi connectivity index (χ4v) is 4.60. The number of ether oxygens (including phenoxy) is 1. The van der Waals surface area contributed by atoms with E-state index in [4.69, 9.17) is 4.74 Å². The molecule has 8 nitrogen and oxygen atoms in total. The van der Waals surface area contributed by atoms with E-state index in [0.29, 0.717) is 23.9 Å². The molecule has 0 amide bonds. The van der Waals surface area contributed by atoms with Gasteiger partial charge >= 0.3 is 0 Å². The second kappa shape index (κ2) is 6.83. The van der Waals surface area contributed by atoms with Gasteiger partial charge in [0.15, 0.2) is 15.7 Å². The van der Waals surface area contributed by atoms with Crippen molar-refractivity contribution in [2.24, 2.45) is 0 Å². The van der Waals surface area contributed by atoms with Crippen molar-refractivity contribution in [1.29, 1.82) is 0 Å². The molecule has 1 aromatic carbocycles. The molecule has 2 heterocycles. The Hall–Kier alpha value is -2.42. The number of anilines is 3. The molecule has 1 atom stereocenters. The third-order valence-electron chi connectivity index (χ3n) is 4.27. The lowest BCUT2D eigenvalue weighted by atomic mass is 10.2. The molecule has 1 aliphatic heterocycles. The molecule has 2 aromatic rings. The van der Waals surface area contributed by atoms with Gasteiger partial charge in [-0.3, -0.25) is 0 Å². The molecule has 3 rings (SSSR count). The van der Waals surface area contributed by atoms with Crippen LogP contribution in [0.25, 0.3) is 0 Å². The van der Waals surface area contributed by atoms with Crippen molar-refractivity contribution in [3.8, 4) is 5.75 Å². The first-order valence-electron chi connectivity index (χ1n) is 7.92. The Balaban J connectivity index is 1.81. The van der Waals surface area contributed by atoms with Crippen LogP contribution < -0.4 is 15.0 Å². The number of aromatic nitrogens is 3. The molecule has 134 valence electrons. The van der Waals surface area contributed by atoms with Gasteiger partial charge in [0.05, 0.1) is 30.5 Å². The molecular formula is C16H21N5O3S. The van der Waals surface area contributed by atoms with Gasteiger partial charge in [0.1, 0.15) is 5.75 Å². The summed E-state index contributed by atoms with van der Waals surface area (Å²) >= 11 is 0. The van der Waals surface area contributed by atoms with E-state index < -0.39 is 9.84 Å². The highest BCUT2D eigenvalue weighted by Gasteiger charge is 2.31. The molecule has 1 unspecified atom stereocenters. The van der Waals surface area contributed by atoms with E-state index in [0.717, 1.165) is 11.3 Å². The first kappa shape index (κ1) is 17.4. The molecular weight excluding hydrogens is 342 g/mol. The molecule has 1 saturated heterocycles. The van der Waals surface area contributed by atoms with Crippen molar-refractivity contribution < 1.29 is 13.2 Å². The van der Waals surface area contributed by atoms with Crippen molar-refractivity contribution in [1.82, 2.24) is 15.2 Å². The maximum absolute atomic E-state index is 11.7. The van der Waals surface area contributed by atoms with E-state index in [1.807, 2.05) is 37.1 Å². The van der Waals surface area contributed by atoms with Crippen molar-refractivity contribution >= 4 is 27.3 Å². The minimum atomic E-state index is -2.96. The molecule has 0 aliphatic carbocycles. The van der Waals surface area contributed by atoms with Gasteiger partial charge in [0, 0.05) is 13.1 Å². The van der Waals surface area contributed by atoms with Crippen LogP contribution in [-0.4, -0.2) is 55.3 Å². The molecule has 0 radical (unpaired) electrons. The Morgan fingerprint density at radius 3 is 2.84 bits per heavy atom. The topological polar surface area (TPSA) is 97.3 Å². The zero-order valence-corrected chi connectivity index (χ0v) is 15.2. The van der Waals surface area contributed by atoms with Gasteiger partial charge in [-0.15, -0.1) is 5.10 Å². The summed E-state index contributed by atoms with van der Waals surface area (Å²) in [5.74, 6) is 1.93. The summed E-state index contributed by atoms with van der Waals surface area (Å²) in [4.78, 5) is 6.30. The average Bonchev–Trinajstić information content (AvgIpc) is 2.95. The fourth-order valence-electron chi connectivity index (χ4n) is 2.83. The van der Waals surface area contributed by atoms with Crippen molar-refractivity contribution in [2.45, 2.75) is 19.4 Å². The zero-order valence-electron chi connectivity index (χ0n) is 14.4.